The van der Waals surface area contributed by atoms with Gasteiger partial charge in [-0.1, -0.05) is 13.8 Å². The quantitative estimate of drug-likeness (QED) is 0.811. The lowest BCUT2D eigenvalue weighted by atomic mass is 10.2. The highest BCUT2D eigenvalue weighted by Crippen LogP contribution is 2.38. The Balaban J connectivity index is 3.26. The fraction of sp³-hybridized carbons (Fsp3) is 0.538. The average molecular weight is 281 g/mol. The second-order valence-electron chi connectivity index (χ2n) is 4.12. The van der Waals surface area contributed by atoms with Gasteiger partial charge < -0.3 is 15.4 Å². The first kappa shape index (κ1) is 15.3. The molecule has 0 unspecified atom stereocenters. The molecule has 1 rings (SSSR count). The third kappa shape index (κ3) is 3.18. The van der Waals surface area contributed by atoms with E-state index < -0.39 is 5.97 Å². The van der Waals surface area contributed by atoms with Crippen LogP contribution >= 0.6 is 11.3 Å². The first-order valence-corrected chi connectivity index (χ1v) is 7.07. The number of nitriles is 1. The average Bonchev–Trinajstić information content (AvgIpc) is 2.74. The number of carbonyl (C=O) groups is 1. The van der Waals surface area contributed by atoms with E-state index in [9.17, 15) is 10.1 Å². The minimum Gasteiger partial charge on any atom is -0.465 e. The van der Waals surface area contributed by atoms with Gasteiger partial charge in [0.05, 0.1) is 12.8 Å². The van der Waals surface area contributed by atoms with Crippen LogP contribution in [0.3, 0.4) is 0 Å². The van der Waals surface area contributed by atoms with Crippen LogP contribution in [0.1, 0.15) is 41.9 Å². The monoisotopic (exact) mass is 281 g/mol. The van der Waals surface area contributed by atoms with E-state index in [-0.39, 0.29) is 5.69 Å². The van der Waals surface area contributed by atoms with Gasteiger partial charge in [0.1, 0.15) is 21.5 Å². The highest BCUT2D eigenvalue weighted by molar-refractivity contribution is 7.18. The lowest BCUT2D eigenvalue weighted by Gasteiger charge is -2.22. The van der Waals surface area contributed by atoms with Gasteiger partial charge in [-0.05, 0) is 12.8 Å². The lowest BCUT2D eigenvalue weighted by molar-refractivity contribution is 0.0607. The van der Waals surface area contributed by atoms with Gasteiger partial charge in [-0.25, -0.2) is 4.79 Å². The van der Waals surface area contributed by atoms with Crippen LogP contribution in [0.15, 0.2) is 0 Å². The van der Waals surface area contributed by atoms with E-state index in [2.05, 4.69) is 24.8 Å². The predicted octanol–water partition coefficient (Wildman–Crippen LogP) is 2.61. The van der Waals surface area contributed by atoms with Gasteiger partial charge in [0, 0.05) is 13.1 Å². The second-order valence-corrected chi connectivity index (χ2v) is 5.11. The van der Waals surface area contributed by atoms with Gasteiger partial charge in [-0.3, -0.25) is 0 Å². The maximum atomic E-state index is 11.6. The number of hydrogen-bond acceptors (Lipinski definition) is 6. The number of hydrogen-bond donors (Lipinski definition) is 1. The Kier molecular flexibility index (Phi) is 5.64. The molecule has 1 aromatic heterocycles. The summed E-state index contributed by atoms with van der Waals surface area (Å²) in [6, 6.07) is 2.10. The van der Waals surface area contributed by atoms with Crippen molar-refractivity contribution in [1.82, 2.24) is 0 Å². The number of thiophene rings is 1. The highest BCUT2D eigenvalue weighted by Gasteiger charge is 2.24. The Labute approximate surface area is 117 Å². The molecular formula is C13H19N3O2S. The predicted molar refractivity (Wildman–Crippen MR) is 77.6 cm³/mol. The molecule has 2 N–H and O–H groups in total. The topological polar surface area (TPSA) is 79.3 Å². The molecule has 0 atom stereocenters. The largest absolute Gasteiger partial charge is 0.465 e. The summed E-state index contributed by atoms with van der Waals surface area (Å²) < 4.78 is 4.69. The van der Waals surface area contributed by atoms with Crippen molar-refractivity contribution in [3.63, 3.8) is 0 Å². The number of carbonyl (C=O) groups excluding carboxylic acids is 1. The van der Waals surface area contributed by atoms with Crippen LogP contribution in [0.4, 0.5) is 10.7 Å². The van der Waals surface area contributed by atoms with Crippen LogP contribution in [0.5, 0.6) is 0 Å². The van der Waals surface area contributed by atoms with E-state index in [1.165, 1.54) is 18.4 Å². The molecule has 0 aliphatic carbocycles. The molecule has 1 aromatic rings. The minimum absolute atomic E-state index is 0.228. The van der Waals surface area contributed by atoms with Crippen LogP contribution in [-0.2, 0) is 4.74 Å². The number of esters is 1. The summed E-state index contributed by atoms with van der Waals surface area (Å²) in [5.41, 5.74) is 6.49. The number of methoxy groups -OCH3 is 1. The third-order valence-corrected chi connectivity index (χ3v) is 3.93. The van der Waals surface area contributed by atoms with E-state index in [0.29, 0.717) is 10.4 Å². The van der Waals surface area contributed by atoms with Crippen molar-refractivity contribution in [1.29, 1.82) is 5.26 Å². The summed E-state index contributed by atoms with van der Waals surface area (Å²) in [5.74, 6) is -0.488. The zero-order valence-corrected chi connectivity index (χ0v) is 12.3. The molecule has 0 fully saturated rings. The van der Waals surface area contributed by atoms with Crippen LogP contribution in [0, 0.1) is 11.3 Å². The Hall–Kier alpha value is -1.74. The molecule has 5 nitrogen and oxygen atoms in total. The van der Waals surface area contributed by atoms with Crippen molar-refractivity contribution < 1.29 is 9.53 Å². The van der Waals surface area contributed by atoms with Gasteiger partial charge in [0.25, 0.3) is 0 Å². The summed E-state index contributed by atoms with van der Waals surface area (Å²) in [6.07, 6.45) is 1.94. The Morgan fingerprint density at radius 1 is 1.42 bits per heavy atom. The summed E-state index contributed by atoms with van der Waals surface area (Å²) in [5, 5.41) is 10.0. The van der Waals surface area contributed by atoms with Crippen molar-refractivity contribution in [3.8, 4) is 6.07 Å². The van der Waals surface area contributed by atoms with Gasteiger partial charge in [0.2, 0.25) is 0 Å². The van der Waals surface area contributed by atoms with Crippen molar-refractivity contribution in [2.75, 3.05) is 30.8 Å². The molecule has 0 amide bonds. The number of nitrogens with two attached hydrogens (primary N) is 1. The number of nitrogens with zero attached hydrogens (tertiary/aromatic N) is 2. The maximum absolute atomic E-state index is 11.6. The maximum Gasteiger partial charge on any atom is 0.350 e. The molecule has 104 valence electrons. The standard InChI is InChI=1S/C13H19N3O2S/c1-4-6-16(7-5-2)12-9(8-14)10(15)11(19-12)13(17)18-3/h4-7,15H2,1-3H3. The van der Waals surface area contributed by atoms with Gasteiger partial charge in [-0.15, -0.1) is 11.3 Å². The first-order chi connectivity index (χ1) is 9.10. The SMILES string of the molecule is CCCN(CCC)c1sc(C(=O)OC)c(N)c1C#N. The number of anilines is 2. The molecule has 0 radical (unpaired) electrons. The van der Waals surface area contributed by atoms with E-state index in [1.807, 2.05) is 0 Å². The van der Waals surface area contributed by atoms with Crippen LogP contribution in [-0.4, -0.2) is 26.2 Å². The fourth-order valence-corrected chi connectivity index (χ4v) is 3.00. The van der Waals surface area contributed by atoms with Gasteiger partial charge >= 0.3 is 5.97 Å². The molecule has 1 heterocycles. The molecular weight excluding hydrogens is 262 g/mol. The normalized spacial score (nSPS) is 10.0. The Morgan fingerprint density at radius 3 is 2.42 bits per heavy atom. The molecule has 0 bridgehead atoms. The lowest BCUT2D eigenvalue weighted by Crippen LogP contribution is -2.24. The Bertz CT molecular complexity index is 485. The molecule has 0 aliphatic rings. The first-order valence-electron chi connectivity index (χ1n) is 6.26. The van der Waals surface area contributed by atoms with Gasteiger partial charge in [-0.2, -0.15) is 5.26 Å². The smallest absolute Gasteiger partial charge is 0.350 e. The fourth-order valence-electron chi connectivity index (χ4n) is 1.86. The summed E-state index contributed by atoms with van der Waals surface area (Å²) in [7, 11) is 1.31. The number of ether oxygens (including phenoxy) is 1. The van der Waals surface area contributed by atoms with E-state index in [1.54, 1.807) is 0 Å². The Morgan fingerprint density at radius 2 is 2.00 bits per heavy atom. The van der Waals surface area contributed by atoms with Crippen molar-refractivity contribution >= 4 is 28.0 Å². The van der Waals surface area contributed by atoms with Gasteiger partial charge in [0.15, 0.2) is 0 Å². The summed E-state index contributed by atoms with van der Waals surface area (Å²) in [4.78, 5) is 14.0. The van der Waals surface area contributed by atoms with E-state index in [4.69, 9.17) is 10.5 Å². The molecule has 0 aromatic carbocycles. The second kappa shape index (κ2) is 7.00. The van der Waals surface area contributed by atoms with Crippen LogP contribution < -0.4 is 10.6 Å². The molecule has 0 saturated carbocycles. The molecule has 19 heavy (non-hydrogen) atoms. The molecule has 0 saturated heterocycles. The zero-order chi connectivity index (χ0) is 14.4. The summed E-state index contributed by atoms with van der Waals surface area (Å²) in [6.45, 7) is 5.83. The summed E-state index contributed by atoms with van der Waals surface area (Å²) >= 11 is 1.24. The van der Waals surface area contributed by atoms with Crippen molar-refractivity contribution in [3.05, 3.63) is 10.4 Å². The van der Waals surface area contributed by atoms with Crippen LogP contribution in [0.2, 0.25) is 0 Å². The number of nitrogen functional groups attached to an aromatic ring is 1. The highest BCUT2D eigenvalue weighted by atomic mass is 32.1. The molecule has 6 heteroatoms. The van der Waals surface area contributed by atoms with E-state index in [0.717, 1.165) is 30.9 Å². The van der Waals surface area contributed by atoms with Crippen LogP contribution in [0.25, 0.3) is 0 Å². The number of rotatable bonds is 6. The molecule has 0 spiro atoms. The molecule has 0 aliphatic heterocycles. The minimum atomic E-state index is -0.488. The third-order valence-electron chi connectivity index (χ3n) is 2.68. The van der Waals surface area contributed by atoms with Crippen molar-refractivity contribution in [2.45, 2.75) is 26.7 Å². The van der Waals surface area contributed by atoms with Crippen molar-refractivity contribution in [2.24, 2.45) is 0 Å². The van der Waals surface area contributed by atoms with E-state index >= 15 is 0 Å². The zero-order valence-electron chi connectivity index (χ0n) is 11.5.